The fourth-order valence-electron chi connectivity index (χ4n) is 10.8. The number of ether oxygens (including phenoxy) is 4. The van der Waals surface area contributed by atoms with E-state index in [0.29, 0.717) is 38.4 Å². The first-order valence-corrected chi connectivity index (χ1v) is 19.8. The Morgan fingerprint density at radius 3 is 2.22 bits per heavy atom. The molecular formula is C41H60O14. The minimum atomic E-state index is -1.82. The number of hydrogen-bond acceptors (Lipinski definition) is 14. The van der Waals surface area contributed by atoms with Crippen molar-refractivity contribution in [1.82, 2.24) is 0 Å². The van der Waals surface area contributed by atoms with Gasteiger partial charge in [0, 0.05) is 29.6 Å². The second-order valence-electron chi connectivity index (χ2n) is 16.8. The van der Waals surface area contributed by atoms with Crippen LogP contribution in [0.5, 0.6) is 0 Å². The first kappa shape index (κ1) is 43.2. The SMILES string of the molecule is CC[C@@H](O[C@H](O)/C=C(\O)[C@@H](CC)O[C@H](O)C(=C=O)[C@H](C)C=O)/C(O)=C/[C@@H](O)O[C@H]1CC[C@@]2(C)C(CCC3C2C[C@H](O)[C@]2(C)[C@@H](C4=CC(=O)OC4)CC[C@]32O)C1. The van der Waals surface area contributed by atoms with Crippen molar-refractivity contribution in [1.29, 1.82) is 0 Å². The van der Waals surface area contributed by atoms with Crippen LogP contribution >= 0.6 is 0 Å². The van der Waals surface area contributed by atoms with Gasteiger partial charge in [-0.3, -0.25) is 0 Å². The number of aldehydes is 1. The standard InChI is InChI=1S/C41H60O14/c1-6-32(54-37(49)18-31(45)33(7-2)55-38(50)26(20-43)22(3)19-42)30(44)17-36(48)53-25-10-12-39(4)24(15-25)8-9-28-29(39)16-34(46)40(5)27(11-13-41(28,40)51)23-14-35(47)52-21-23/h14,17-19,22,24-25,27-29,32-34,36-38,44-46,48-51H,6-13,15-16,21H2,1-5H3/b30-17-,31-18-/t22-,24?,25+,27-,28?,29?,32-,33-,34+,36+,37+,38+,39+,40+,41+/m1/s1. The molecule has 0 radical (unpaired) electrons. The highest BCUT2D eigenvalue weighted by Crippen LogP contribution is 2.70. The highest BCUT2D eigenvalue weighted by molar-refractivity contribution is 5.85. The van der Waals surface area contributed by atoms with E-state index in [0.717, 1.165) is 37.0 Å². The second-order valence-corrected chi connectivity index (χ2v) is 16.8. The van der Waals surface area contributed by atoms with Crippen LogP contribution in [0.4, 0.5) is 0 Å². The number of carbonyl (C=O) groups excluding carboxylic acids is 3. The average molecular weight is 777 g/mol. The molecule has 5 aliphatic rings. The van der Waals surface area contributed by atoms with Gasteiger partial charge in [0.15, 0.2) is 18.9 Å². The maximum absolute atomic E-state index is 12.5. The number of hydrogen-bond donors (Lipinski definition) is 7. The minimum Gasteiger partial charge on any atom is -0.510 e. The molecule has 4 aliphatic carbocycles. The molecule has 0 saturated heterocycles. The molecule has 4 fully saturated rings. The van der Waals surface area contributed by atoms with E-state index >= 15 is 0 Å². The molecule has 0 amide bonds. The van der Waals surface area contributed by atoms with Crippen molar-refractivity contribution in [2.45, 2.75) is 148 Å². The lowest BCUT2D eigenvalue weighted by Crippen LogP contribution is -2.67. The monoisotopic (exact) mass is 776 g/mol. The van der Waals surface area contributed by atoms with E-state index in [1.54, 1.807) is 13.8 Å². The lowest BCUT2D eigenvalue weighted by Gasteiger charge is -2.65. The Hall–Kier alpha value is -2.91. The van der Waals surface area contributed by atoms with Gasteiger partial charge in [-0.25, -0.2) is 9.59 Å². The average Bonchev–Trinajstić information content (AvgIpc) is 3.70. The summed E-state index contributed by atoms with van der Waals surface area (Å²) in [6.07, 6.45) is 1.45. The molecule has 55 heavy (non-hydrogen) atoms. The van der Waals surface area contributed by atoms with Crippen molar-refractivity contribution in [3.8, 4) is 0 Å². The molecule has 0 bridgehead atoms. The zero-order chi connectivity index (χ0) is 40.5. The number of carbonyl (C=O) groups is 2. The third kappa shape index (κ3) is 8.26. The Morgan fingerprint density at radius 1 is 0.964 bits per heavy atom. The molecular weight excluding hydrogens is 716 g/mol. The minimum absolute atomic E-state index is 0.00322. The summed E-state index contributed by atoms with van der Waals surface area (Å²) in [5.41, 5.74) is -1.50. The third-order valence-corrected chi connectivity index (χ3v) is 14.1. The van der Waals surface area contributed by atoms with E-state index in [9.17, 15) is 50.1 Å². The molecule has 7 N–H and O–H groups in total. The summed E-state index contributed by atoms with van der Waals surface area (Å²) < 4.78 is 22.1. The van der Waals surface area contributed by atoms with Crippen molar-refractivity contribution in [3.63, 3.8) is 0 Å². The smallest absolute Gasteiger partial charge is 0.331 e. The molecule has 308 valence electrons. The van der Waals surface area contributed by atoms with Gasteiger partial charge in [0.05, 0.1) is 23.4 Å². The van der Waals surface area contributed by atoms with E-state index in [-0.39, 0.29) is 66.2 Å². The Bertz CT molecular complexity index is 1550. The molecule has 14 nitrogen and oxygen atoms in total. The Morgan fingerprint density at radius 2 is 1.62 bits per heavy atom. The van der Waals surface area contributed by atoms with Crippen molar-refractivity contribution in [2.24, 2.45) is 40.4 Å². The Kier molecular flexibility index (Phi) is 13.6. The van der Waals surface area contributed by atoms with E-state index < -0.39 is 65.6 Å². The van der Waals surface area contributed by atoms with Crippen molar-refractivity contribution < 1.29 is 69.1 Å². The predicted octanol–water partition coefficient (Wildman–Crippen LogP) is 3.62. The molecule has 4 saturated carbocycles. The number of fused-ring (bicyclic) bond motifs is 5. The first-order chi connectivity index (χ1) is 26.0. The van der Waals surface area contributed by atoms with Crippen LogP contribution in [-0.2, 0) is 33.3 Å². The van der Waals surface area contributed by atoms with Crippen LogP contribution in [0.25, 0.3) is 0 Å². The predicted molar refractivity (Wildman–Crippen MR) is 196 cm³/mol. The fraction of sp³-hybridized carbons (Fsp3) is 0.756. The highest BCUT2D eigenvalue weighted by Gasteiger charge is 2.70. The maximum Gasteiger partial charge on any atom is 0.331 e. The van der Waals surface area contributed by atoms with Gasteiger partial charge in [-0.1, -0.05) is 34.6 Å². The van der Waals surface area contributed by atoms with Gasteiger partial charge in [-0.2, -0.15) is 0 Å². The number of aliphatic hydroxyl groups excluding tert-OH is 6. The van der Waals surface area contributed by atoms with Gasteiger partial charge in [-0.05, 0) is 98.9 Å². The molecule has 14 heteroatoms. The van der Waals surface area contributed by atoms with Crippen molar-refractivity contribution >= 4 is 18.2 Å². The van der Waals surface area contributed by atoms with Crippen molar-refractivity contribution in [2.75, 3.05) is 6.61 Å². The highest BCUT2D eigenvalue weighted by atomic mass is 16.6. The van der Waals surface area contributed by atoms with Crippen LogP contribution in [0, 0.1) is 40.4 Å². The van der Waals surface area contributed by atoms with Crippen molar-refractivity contribution in [3.05, 3.63) is 40.9 Å². The summed E-state index contributed by atoms with van der Waals surface area (Å²) in [6, 6.07) is 0. The lowest BCUT2D eigenvalue weighted by atomic mass is 9.42. The topological polar surface area (TPSA) is 230 Å². The Labute approximate surface area is 322 Å². The number of esters is 1. The number of aliphatic hydroxyl groups is 7. The molecule has 0 spiro atoms. The van der Waals surface area contributed by atoms with E-state index in [1.807, 2.05) is 6.92 Å². The van der Waals surface area contributed by atoms with Gasteiger partial charge in [0.25, 0.3) is 0 Å². The molecule has 0 aromatic heterocycles. The molecule has 1 aliphatic heterocycles. The summed E-state index contributed by atoms with van der Waals surface area (Å²) in [4.78, 5) is 34.2. The second kappa shape index (κ2) is 17.3. The molecule has 15 atom stereocenters. The van der Waals surface area contributed by atoms with Gasteiger partial charge in [0.1, 0.15) is 42.6 Å². The van der Waals surface area contributed by atoms with Crippen LogP contribution in [0.2, 0.25) is 0 Å². The maximum atomic E-state index is 12.5. The van der Waals surface area contributed by atoms with Gasteiger partial charge < -0.3 is 59.5 Å². The van der Waals surface area contributed by atoms with Crippen LogP contribution in [0.15, 0.2) is 40.9 Å². The zero-order valence-electron chi connectivity index (χ0n) is 32.5. The fourth-order valence-corrected chi connectivity index (χ4v) is 10.8. The Balaban J connectivity index is 1.17. The summed E-state index contributed by atoms with van der Waals surface area (Å²) >= 11 is 0. The summed E-state index contributed by atoms with van der Waals surface area (Å²) in [7, 11) is 0. The molecule has 1 heterocycles. The molecule has 0 aromatic rings. The summed E-state index contributed by atoms with van der Waals surface area (Å²) in [5.74, 6) is -0.567. The molecule has 3 unspecified atom stereocenters. The van der Waals surface area contributed by atoms with E-state index in [4.69, 9.17) is 18.9 Å². The summed E-state index contributed by atoms with van der Waals surface area (Å²) in [6.45, 7) is 9.14. The van der Waals surface area contributed by atoms with Gasteiger partial charge in [-0.15, -0.1) is 0 Å². The van der Waals surface area contributed by atoms with Crippen LogP contribution in [-0.4, -0.2) is 109 Å². The van der Waals surface area contributed by atoms with Gasteiger partial charge in [0.2, 0.25) is 0 Å². The number of rotatable bonds is 16. The molecule has 5 rings (SSSR count). The largest absolute Gasteiger partial charge is 0.510 e. The molecule has 0 aromatic carbocycles. The third-order valence-electron chi connectivity index (χ3n) is 14.1. The zero-order valence-corrected chi connectivity index (χ0v) is 32.5. The quantitative estimate of drug-likeness (QED) is 0.0391. The van der Waals surface area contributed by atoms with Crippen LogP contribution in [0.1, 0.15) is 98.8 Å². The normalized spacial score (nSPS) is 38.2. The van der Waals surface area contributed by atoms with Gasteiger partial charge >= 0.3 is 5.97 Å². The van der Waals surface area contributed by atoms with Crippen LogP contribution < -0.4 is 0 Å². The first-order valence-electron chi connectivity index (χ1n) is 19.8. The lowest BCUT2D eigenvalue weighted by molar-refractivity contribution is -0.248. The number of cyclic esters (lactones) is 1. The van der Waals surface area contributed by atoms with Crippen LogP contribution in [0.3, 0.4) is 0 Å². The van der Waals surface area contributed by atoms with E-state index in [2.05, 4.69) is 6.92 Å². The van der Waals surface area contributed by atoms with E-state index in [1.165, 1.54) is 18.9 Å². The summed E-state index contributed by atoms with van der Waals surface area (Å²) in [5, 5.41) is 77.3.